The van der Waals surface area contributed by atoms with E-state index < -0.39 is 0 Å². The van der Waals surface area contributed by atoms with Gasteiger partial charge in [0.15, 0.2) is 0 Å². The molecule has 6 nitrogen and oxygen atoms in total. The Hall–Kier alpha value is -2.08. The zero-order valence-electron chi connectivity index (χ0n) is 17.1. The van der Waals surface area contributed by atoms with E-state index in [1.165, 1.54) is 13.5 Å². The van der Waals surface area contributed by atoms with E-state index in [1.807, 2.05) is 34.1 Å². The van der Waals surface area contributed by atoms with E-state index in [9.17, 15) is 9.59 Å². The minimum absolute atomic E-state index is 0.0342. The van der Waals surface area contributed by atoms with Gasteiger partial charge >= 0.3 is 0 Å². The van der Waals surface area contributed by atoms with Crippen molar-refractivity contribution in [1.82, 2.24) is 9.80 Å². The molecule has 2 fully saturated rings. The number of methoxy groups -OCH3 is 1. The third-order valence-electron chi connectivity index (χ3n) is 5.83. The van der Waals surface area contributed by atoms with Crippen molar-refractivity contribution in [3.8, 4) is 5.75 Å². The van der Waals surface area contributed by atoms with Crippen molar-refractivity contribution in [2.24, 2.45) is 0 Å². The number of rotatable bonds is 6. The molecule has 0 unspecified atom stereocenters. The molecule has 0 aliphatic carbocycles. The molecule has 2 aliphatic rings. The van der Waals surface area contributed by atoms with Crippen molar-refractivity contribution in [1.29, 1.82) is 0 Å². The fourth-order valence-electron chi connectivity index (χ4n) is 4.16. The monoisotopic (exact) mass is 388 g/mol. The number of piperidine rings is 2. The van der Waals surface area contributed by atoms with E-state index >= 15 is 0 Å². The van der Waals surface area contributed by atoms with E-state index in [0.717, 1.165) is 50.0 Å². The highest BCUT2D eigenvalue weighted by Crippen LogP contribution is 2.24. The van der Waals surface area contributed by atoms with Gasteiger partial charge in [-0.15, -0.1) is 0 Å². The van der Waals surface area contributed by atoms with Crippen molar-refractivity contribution >= 4 is 11.8 Å². The molecule has 2 heterocycles. The molecular formula is C22H32N2O4. The van der Waals surface area contributed by atoms with Gasteiger partial charge in [-0.05, 0) is 49.9 Å². The standard InChI is InChI=1S/C22H32N2O4/c1-3-18-6-4-5-13-24(18)22(26)17-7-9-19(10-8-17)28-20-11-14-23(15-12-20)21(25)16-27-2/h7-10,18,20H,3-6,11-16H2,1-2H3/t18-/m0/s1. The lowest BCUT2D eigenvalue weighted by Crippen LogP contribution is -2.43. The second-order valence-corrected chi connectivity index (χ2v) is 7.71. The Labute approximate surface area is 167 Å². The molecule has 2 amide bonds. The molecular weight excluding hydrogens is 356 g/mol. The highest BCUT2D eigenvalue weighted by Gasteiger charge is 2.27. The largest absolute Gasteiger partial charge is 0.490 e. The average molecular weight is 389 g/mol. The lowest BCUT2D eigenvalue weighted by molar-refractivity contribution is -0.136. The highest BCUT2D eigenvalue weighted by atomic mass is 16.5. The Morgan fingerprint density at radius 3 is 2.39 bits per heavy atom. The van der Waals surface area contributed by atoms with Crippen molar-refractivity contribution in [2.45, 2.75) is 57.6 Å². The molecule has 2 saturated heterocycles. The van der Waals surface area contributed by atoms with Crippen LogP contribution in [0.25, 0.3) is 0 Å². The zero-order chi connectivity index (χ0) is 19.9. The van der Waals surface area contributed by atoms with Crippen LogP contribution < -0.4 is 4.74 Å². The zero-order valence-corrected chi connectivity index (χ0v) is 17.1. The smallest absolute Gasteiger partial charge is 0.254 e. The number of nitrogens with zero attached hydrogens (tertiary/aromatic N) is 2. The first kappa shape index (κ1) is 20.6. The summed E-state index contributed by atoms with van der Waals surface area (Å²) in [5.74, 6) is 0.943. The van der Waals surface area contributed by atoms with E-state index in [2.05, 4.69) is 6.92 Å². The third kappa shape index (κ3) is 5.04. The normalized spacial score (nSPS) is 20.9. The Morgan fingerprint density at radius 2 is 1.75 bits per heavy atom. The first-order valence-electron chi connectivity index (χ1n) is 10.5. The number of likely N-dealkylation sites (tertiary alicyclic amines) is 2. The summed E-state index contributed by atoms with van der Waals surface area (Å²) in [6.07, 6.45) is 6.14. The van der Waals surface area contributed by atoms with E-state index in [0.29, 0.717) is 19.1 Å². The van der Waals surface area contributed by atoms with E-state index in [1.54, 1.807) is 0 Å². The maximum Gasteiger partial charge on any atom is 0.254 e. The lowest BCUT2D eigenvalue weighted by atomic mass is 9.99. The molecule has 0 aromatic heterocycles. The number of hydrogen-bond donors (Lipinski definition) is 0. The van der Waals surface area contributed by atoms with Gasteiger partial charge in [0.05, 0.1) is 0 Å². The van der Waals surface area contributed by atoms with Crippen LogP contribution in [0.4, 0.5) is 0 Å². The number of hydrogen-bond acceptors (Lipinski definition) is 4. The van der Waals surface area contributed by atoms with Crippen LogP contribution in [0.5, 0.6) is 5.75 Å². The summed E-state index contributed by atoms with van der Waals surface area (Å²) in [5.41, 5.74) is 0.729. The van der Waals surface area contributed by atoms with E-state index in [-0.39, 0.29) is 24.5 Å². The summed E-state index contributed by atoms with van der Waals surface area (Å²) in [7, 11) is 1.54. The molecule has 2 aliphatic heterocycles. The van der Waals surface area contributed by atoms with Crippen LogP contribution in [0, 0.1) is 0 Å². The first-order chi connectivity index (χ1) is 13.6. The molecule has 1 atom stereocenters. The van der Waals surface area contributed by atoms with Crippen LogP contribution in [-0.2, 0) is 9.53 Å². The van der Waals surface area contributed by atoms with Gasteiger partial charge in [0.2, 0.25) is 5.91 Å². The number of amides is 2. The molecule has 1 aromatic carbocycles. The Morgan fingerprint density at radius 1 is 1.04 bits per heavy atom. The second kappa shape index (κ2) is 9.92. The van der Waals surface area contributed by atoms with Gasteiger partial charge in [-0.2, -0.15) is 0 Å². The molecule has 0 bridgehead atoms. The van der Waals surface area contributed by atoms with Crippen LogP contribution in [0.15, 0.2) is 24.3 Å². The van der Waals surface area contributed by atoms with Crippen molar-refractivity contribution in [3.05, 3.63) is 29.8 Å². The Bertz CT molecular complexity index is 653. The fourth-order valence-corrected chi connectivity index (χ4v) is 4.16. The summed E-state index contributed by atoms with van der Waals surface area (Å²) in [6, 6.07) is 7.89. The van der Waals surface area contributed by atoms with Crippen LogP contribution in [0.1, 0.15) is 55.8 Å². The Balaban J connectivity index is 1.52. The SMILES string of the molecule is CC[C@H]1CCCCN1C(=O)c1ccc(OC2CCN(C(=O)COC)CC2)cc1. The average Bonchev–Trinajstić information content (AvgIpc) is 2.74. The van der Waals surface area contributed by atoms with Gasteiger partial charge in [0.1, 0.15) is 18.5 Å². The van der Waals surface area contributed by atoms with Crippen LogP contribution in [-0.4, -0.2) is 67.1 Å². The quantitative estimate of drug-likeness (QED) is 0.751. The van der Waals surface area contributed by atoms with Gasteiger partial charge in [-0.1, -0.05) is 6.92 Å². The summed E-state index contributed by atoms with van der Waals surface area (Å²) >= 11 is 0. The van der Waals surface area contributed by atoms with Gasteiger partial charge in [-0.3, -0.25) is 9.59 Å². The molecule has 6 heteroatoms. The summed E-state index contributed by atoms with van der Waals surface area (Å²) in [4.78, 5) is 28.6. The number of carbonyl (C=O) groups is 2. The molecule has 154 valence electrons. The third-order valence-corrected chi connectivity index (χ3v) is 5.83. The molecule has 0 radical (unpaired) electrons. The molecule has 0 saturated carbocycles. The van der Waals surface area contributed by atoms with Crippen LogP contribution in [0.2, 0.25) is 0 Å². The minimum atomic E-state index is 0.0342. The fraction of sp³-hybridized carbons (Fsp3) is 0.636. The second-order valence-electron chi connectivity index (χ2n) is 7.71. The molecule has 28 heavy (non-hydrogen) atoms. The maximum absolute atomic E-state index is 12.9. The molecule has 0 N–H and O–H groups in total. The van der Waals surface area contributed by atoms with Gasteiger partial charge < -0.3 is 19.3 Å². The van der Waals surface area contributed by atoms with Crippen LogP contribution in [0.3, 0.4) is 0 Å². The van der Waals surface area contributed by atoms with Crippen LogP contribution >= 0.6 is 0 Å². The van der Waals surface area contributed by atoms with Crippen molar-refractivity contribution < 1.29 is 19.1 Å². The van der Waals surface area contributed by atoms with Crippen molar-refractivity contribution in [3.63, 3.8) is 0 Å². The predicted octanol–water partition coefficient (Wildman–Crippen LogP) is 3.11. The highest BCUT2D eigenvalue weighted by molar-refractivity contribution is 5.94. The molecule has 3 rings (SSSR count). The first-order valence-corrected chi connectivity index (χ1v) is 10.5. The molecule has 0 spiro atoms. The van der Waals surface area contributed by atoms with Crippen molar-refractivity contribution in [2.75, 3.05) is 33.4 Å². The van der Waals surface area contributed by atoms with Gasteiger partial charge in [-0.25, -0.2) is 0 Å². The minimum Gasteiger partial charge on any atom is -0.490 e. The summed E-state index contributed by atoms with van der Waals surface area (Å²) < 4.78 is 11.0. The Kier molecular flexibility index (Phi) is 7.31. The topological polar surface area (TPSA) is 59.1 Å². The van der Waals surface area contributed by atoms with Gasteiger partial charge in [0.25, 0.3) is 5.91 Å². The number of carbonyl (C=O) groups excluding carboxylic acids is 2. The lowest BCUT2D eigenvalue weighted by Gasteiger charge is -2.35. The van der Waals surface area contributed by atoms with E-state index in [4.69, 9.17) is 9.47 Å². The summed E-state index contributed by atoms with van der Waals surface area (Å²) in [5, 5.41) is 0. The maximum atomic E-state index is 12.9. The molecule has 1 aromatic rings. The van der Waals surface area contributed by atoms with Gasteiger partial charge in [0, 0.05) is 51.2 Å². The number of ether oxygens (including phenoxy) is 2. The summed E-state index contributed by atoms with van der Waals surface area (Å²) in [6.45, 7) is 4.53. The predicted molar refractivity (Wildman–Crippen MR) is 108 cm³/mol. The number of benzene rings is 1.